The van der Waals surface area contributed by atoms with Gasteiger partial charge in [0.05, 0.1) is 0 Å². The Morgan fingerprint density at radius 2 is 2.19 bits per heavy atom. The highest BCUT2D eigenvalue weighted by Gasteiger charge is 2.11. The van der Waals surface area contributed by atoms with Crippen LogP contribution in [0.15, 0.2) is 12.4 Å². The van der Waals surface area contributed by atoms with Gasteiger partial charge >= 0.3 is 0 Å². The zero-order valence-electron chi connectivity index (χ0n) is 10.8. The fourth-order valence-corrected chi connectivity index (χ4v) is 1.98. The predicted octanol–water partition coefficient (Wildman–Crippen LogP) is 2.60. The van der Waals surface area contributed by atoms with Gasteiger partial charge in [0.2, 0.25) is 0 Å². The lowest BCUT2D eigenvalue weighted by molar-refractivity contribution is 0.440. The molecule has 0 spiro atoms. The van der Waals surface area contributed by atoms with Crippen LogP contribution < -0.4 is 5.73 Å². The van der Waals surface area contributed by atoms with Crippen LogP contribution in [0.1, 0.15) is 45.9 Å². The van der Waals surface area contributed by atoms with Gasteiger partial charge in [0.15, 0.2) is 0 Å². The topological polar surface area (TPSA) is 43.8 Å². The minimum atomic E-state index is 0.243. The lowest BCUT2D eigenvalue weighted by atomic mass is 9.98. The lowest BCUT2D eigenvalue weighted by Crippen LogP contribution is -2.26. The normalized spacial score (nSPS) is 15.0. The number of rotatable bonds is 7. The Hall–Kier alpha value is -0.830. The molecular weight excluding hydrogens is 198 g/mol. The molecule has 16 heavy (non-hydrogen) atoms. The number of hydrogen-bond donors (Lipinski definition) is 1. The molecule has 3 nitrogen and oxygen atoms in total. The van der Waals surface area contributed by atoms with E-state index < -0.39 is 0 Å². The number of imidazole rings is 1. The van der Waals surface area contributed by atoms with Crippen LogP contribution >= 0.6 is 0 Å². The van der Waals surface area contributed by atoms with Crippen molar-refractivity contribution in [3.8, 4) is 0 Å². The molecule has 0 aromatic carbocycles. The van der Waals surface area contributed by atoms with Gasteiger partial charge in [-0.2, -0.15) is 0 Å². The van der Waals surface area contributed by atoms with Crippen molar-refractivity contribution in [2.45, 2.75) is 59.0 Å². The second-order valence-electron chi connectivity index (χ2n) is 4.75. The van der Waals surface area contributed by atoms with E-state index in [1.165, 1.54) is 6.42 Å². The fourth-order valence-electron chi connectivity index (χ4n) is 1.98. The van der Waals surface area contributed by atoms with Crippen LogP contribution in [0.3, 0.4) is 0 Å². The summed E-state index contributed by atoms with van der Waals surface area (Å²) in [5, 5.41) is 0. The summed E-state index contributed by atoms with van der Waals surface area (Å²) in [7, 11) is 0. The van der Waals surface area contributed by atoms with Crippen LogP contribution in [0.25, 0.3) is 0 Å². The van der Waals surface area contributed by atoms with E-state index >= 15 is 0 Å². The van der Waals surface area contributed by atoms with E-state index in [9.17, 15) is 0 Å². The first-order valence-electron chi connectivity index (χ1n) is 6.42. The maximum absolute atomic E-state index is 6.15. The van der Waals surface area contributed by atoms with Crippen LogP contribution in [0, 0.1) is 5.92 Å². The fraction of sp³-hybridized carbons (Fsp3) is 0.769. The van der Waals surface area contributed by atoms with E-state index in [0.717, 1.165) is 31.6 Å². The lowest BCUT2D eigenvalue weighted by Gasteiger charge is -2.16. The van der Waals surface area contributed by atoms with Gasteiger partial charge in [-0.15, -0.1) is 0 Å². The first-order valence-corrected chi connectivity index (χ1v) is 6.42. The molecule has 0 aliphatic rings. The summed E-state index contributed by atoms with van der Waals surface area (Å²) in [6, 6.07) is 0.243. The molecule has 0 fully saturated rings. The van der Waals surface area contributed by atoms with E-state index in [2.05, 4.69) is 36.5 Å². The molecule has 92 valence electrons. The first-order chi connectivity index (χ1) is 7.67. The molecule has 1 heterocycles. The maximum Gasteiger partial charge on any atom is 0.110 e. The number of hydrogen-bond acceptors (Lipinski definition) is 2. The molecule has 0 saturated carbocycles. The third kappa shape index (κ3) is 3.97. The molecule has 0 amide bonds. The van der Waals surface area contributed by atoms with E-state index in [-0.39, 0.29) is 6.04 Å². The summed E-state index contributed by atoms with van der Waals surface area (Å²) in [5.41, 5.74) is 6.15. The second kappa shape index (κ2) is 6.69. The molecule has 0 radical (unpaired) electrons. The molecular formula is C13H25N3. The maximum atomic E-state index is 6.15. The quantitative estimate of drug-likeness (QED) is 0.772. The third-order valence-electron chi connectivity index (χ3n) is 3.11. The third-order valence-corrected chi connectivity index (χ3v) is 3.11. The molecule has 1 aromatic heterocycles. The molecule has 0 aliphatic heterocycles. The van der Waals surface area contributed by atoms with Crippen molar-refractivity contribution in [2.75, 3.05) is 0 Å². The van der Waals surface area contributed by atoms with Crippen molar-refractivity contribution in [3.63, 3.8) is 0 Å². The Labute approximate surface area is 99.1 Å². The molecule has 1 aromatic rings. The summed E-state index contributed by atoms with van der Waals surface area (Å²) in [6.45, 7) is 7.71. The summed E-state index contributed by atoms with van der Waals surface area (Å²) in [4.78, 5) is 4.39. The van der Waals surface area contributed by atoms with Gasteiger partial charge in [-0.1, -0.05) is 27.2 Å². The van der Waals surface area contributed by atoms with Gasteiger partial charge in [0, 0.05) is 31.4 Å². The Balaban J connectivity index is 2.48. The van der Waals surface area contributed by atoms with Crippen LogP contribution in [-0.4, -0.2) is 15.6 Å². The molecule has 0 aliphatic carbocycles. The van der Waals surface area contributed by atoms with Crippen LogP contribution in [0.5, 0.6) is 0 Å². The van der Waals surface area contributed by atoms with Gasteiger partial charge in [-0.05, 0) is 18.8 Å². The monoisotopic (exact) mass is 223 g/mol. The summed E-state index contributed by atoms with van der Waals surface area (Å²) < 4.78 is 2.22. The highest BCUT2D eigenvalue weighted by atomic mass is 15.1. The van der Waals surface area contributed by atoms with Crippen molar-refractivity contribution in [1.29, 1.82) is 0 Å². The molecule has 3 heteroatoms. The van der Waals surface area contributed by atoms with Crippen molar-refractivity contribution >= 4 is 0 Å². The molecule has 0 bridgehead atoms. The molecule has 1 rings (SSSR count). The van der Waals surface area contributed by atoms with E-state index in [4.69, 9.17) is 5.73 Å². The van der Waals surface area contributed by atoms with Crippen molar-refractivity contribution < 1.29 is 0 Å². The van der Waals surface area contributed by atoms with Gasteiger partial charge in [0.1, 0.15) is 5.82 Å². The minimum absolute atomic E-state index is 0.243. The zero-order valence-corrected chi connectivity index (χ0v) is 10.8. The number of nitrogens with two attached hydrogens (primary N) is 1. The minimum Gasteiger partial charge on any atom is -0.335 e. The van der Waals surface area contributed by atoms with Crippen molar-refractivity contribution in [1.82, 2.24) is 9.55 Å². The van der Waals surface area contributed by atoms with Gasteiger partial charge in [0.25, 0.3) is 0 Å². The van der Waals surface area contributed by atoms with Crippen molar-refractivity contribution in [3.05, 3.63) is 18.2 Å². The van der Waals surface area contributed by atoms with Gasteiger partial charge in [-0.3, -0.25) is 0 Å². The van der Waals surface area contributed by atoms with Crippen LogP contribution in [0.4, 0.5) is 0 Å². The van der Waals surface area contributed by atoms with E-state index in [0.29, 0.717) is 5.92 Å². The van der Waals surface area contributed by atoms with Crippen molar-refractivity contribution in [2.24, 2.45) is 11.7 Å². The van der Waals surface area contributed by atoms with Gasteiger partial charge < -0.3 is 10.3 Å². The van der Waals surface area contributed by atoms with Gasteiger partial charge in [-0.25, -0.2) is 4.98 Å². The standard InChI is InChI=1S/C13H25N3/c1-4-7-16-8-6-15-13(16)10-12(14)9-11(3)5-2/h6,8,11-12H,4-5,7,9-10,14H2,1-3H3. The molecule has 2 N–H and O–H groups in total. The Bertz CT molecular complexity index is 293. The molecule has 0 saturated heterocycles. The highest BCUT2D eigenvalue weighted by Crippen LogP contribution is 2.12. The smallest absolute Gasteiger partial charge is 0.110 e. The van der Waals surface area contributed by atoms with E-state index in [1.807, 2.05) is 6.20 Å². The summed E-state index contributed by atoms with van der Waals surface area (Å²) in [6.07, 6.45) is 8.27. The molecule has 2 unspecified atom stereocenters. The van der Waals surface area contributed by atoms with Crippen LogP contribution in [-0.2, 0) is 13.0 Å². The Kier molecular flexibility index (Phi) is 5.53. The average Bonchev–Trinajstić information content (AvgIpc) is 2.66. The van der Waals surface area contributed by atoms with Crippen LogP contribution in [0.2, 0.25) is 0 Å². The highest BCUT2D eigenvalue weighted by molar-refractivity contribution is 4.95. The Morgan fingerprint density at radius 1 is 1.44 bits per heavy atom. The molecule has 2 atom stereocenters. The Morgan fingerprint density at radius 3 is 2.81 bits per heavy atom. The van der Waals surface area contributed by atoms with E-state index in [1.54, 1.807) is 0 Å². The number of nitrogens with zero attached hydrogens (tertiary/aromatic N) is 2. The number of aromatic nitrogens is 2. The summed E-state index contributed by atoms with van der Waals surface area (Å²) in [5.74, 6) is 1.85. The predicted molar refractivity (Wildman–Crippen MR) is 68.3 cm³/mol. The largest absolute Gasteiger partial charge is 0.335 e. The average molecular weight is 223 g/mol. The summed E-state index contributed by atoms with van der Waals surface area (Å²) >= 11 is 0. The number of aryl methyl sites for hydroxylation is 1. The zero-order chi connectivity index (χ0) is 12.0. The SMILES string of the molecule is CCCn1ccnc1CC(N)CC(C)CC. The first kappa shape index (κ1) is 13.2. The second-order valence-corrected chi connectivity index (χ2v) is 4.75.